The second-order valence-electron chi connectivity index (χ2n) is 18.6. The summed E-state index contributed by atoms with van der Waals surface area (Å²) in [5.74, 6) is -2.26. The third-order valence-electron chi connectivity index (χ3n) is 14.2. The number of hydrogen-bond donors (Lipinski definition) is 3. The summed E-state index contributed by atoms with van der Waals surface area (Å²) in [7, 11) is -0.921. The largest absolute Gasteiger partial charge is 0.453 e. The molecule has 1 saturated carbocycles. The molecule has 2 aromatic heterocycles. The normalized spacial score (nSPS) is 20.5. The third-order valence-corrected chi connectivity index (χ3v) is 15.7. The molecule has 5 aliphatic rings. The minimum absolute atomic E-state index is 0.0229. The van der Waals surface area contributed by atoms with Crippen LogP contribution in [0.1, 0.15) is 69.4 Å². The van der Waals surface area contributed by atoms with Crippen LogP contribution in [-0.2, 0) is 31.6 Å². The molecule has 10 rings (SSSR count). The number of aryl methyl sites for hydroxylation is 1. The molecule has 0 bridgehead atoms. The average molecular weight is 970 g/mol. The van der Waals surface area contributed by atoms with Crippen LogP contribution in [-0.4, -0.2) is 124 Å². The van der Waals surface area contributed by atoms with Crippen LogP contribution in [0, 0.1) is 23.0 Å². The van der Waals surface area contributed by atoms with Crippen molar-refractivity contribution in [2.75, 3.05) is 60.9 Å². The highest BCUT2D eigenvalue weighted by atomic mass is 32.2. The summed E-state index contributed by atoms with van der Waals surface area (Å²) in [6.07, 6.45) is 4.83. The molecule has 6 heterocycles. The smallest absolute Gasteiger partial charge is 0.329 e. The Hall–Kier alpha value is -6.74. The van der Waals surface area contributed by atoms with E-state index >= 15 is 8.78 Å². The van der Waals surface area contributed by atoms with E-state index in [-0.39, 0.29) is 90.9 Å². The molecular weight excluding hydrogens is 921 g/mol. The Balaban J connectivity index is 0.756. The predicted octanol–water partition coefficient (Wildman–Crippen LogP) is 4.17. The summed E-state index contributed by atoms with van der Waals surface area (Å²) in [5.41, 5.74) is -1.58. The number of hydrogen-bond acceptors (Lipinski definition) is 13. The number of aromatic nitrogens is 4. The zero-order valence-corrected chi connectivity index (χ0v) is 38.6. The first kappa shape index (κ1) is 46.0. The maximum atomic E-state index is 15.7. The minimum Gasteiger partial charge on any atom is -0.453 e. The minimum atomic E-state index is -4.04. The van der Waals surface area contributed by atoms with Gasteiger partial charge in [-0.2, -0.15) is 23.1 Å². The Bertz CT molecular complexity index is 3160. The van der Waals surface area contributed by atoms with Crippen molar-refractivity contribution in [3.63, 3.8) is 0 Å². The van der Waals surface area contributed by atoms with Gasteiger partial charge >= 0.3 is 16.2 Å². The SMILES string of the molecule is CN(C1CC1)S(=O)(=O)Nc1ccc(F)c(Oc2ccc3ncn([C@H]4COC5(CCN(C(=O)CC6(O)CCN(c7cc8c(cc7F)c(N7CCC(=O)NC7=O)nn8C)CC6)CC5)C4)c(=O)c3c2)c1C#N. The molecule has 4 amide bonds. The highest BCUT2D eigenvalue weighted by Crippen LogP contribution is 2.42. The summed E-state index contributed by atoms with van der Waals surface area (Å²) in [5, 5.41) is 28.9. The number of ether oxygens (including phenoxy) is 2. The first-order valence-electron chi connectivity index (χ1n) is 22.8. The van der Waals surface area contributed by atoms with Crippen molar-refractivity contribution in [1.82, 2.24) is 33.9 Å². The molecule has 69 heavy (non-hydrogen) atoms. The fraction of sp³-hybridized carbons (Fsp3) is 0.457. The zero-order chi connectivity index (χ0) is 48.6. The van der Waals surface area contributed by atoms with E-state index in [1.807, 2.05) is 11.0 Å². The number of piperidine rings is 2. The van der Waals surface area contributed by atoms with E-state index in [0.717, 1.165) is 12.1 Å². The summed E-state index contributed by atoms with van der Waals surface area (Å²) in [4.78, 5) is 61.2. The Kier molecular flexibility index (Phi) is 11.6. The number of nitrogens with zero attached hydrogens (tertiary/aromatic N) is 9. The quantitative estimate of drug-likeness (QED) is 0.169. The van der Waals surface area contributed by atoms with Gasteiger partial charge in [0.15, 0.2) is 17.4 Å². The molecule has 4 aliphatic heterocycles. The molecule has 20 nitrogen and oxygen atoms in total. The van der Waals surface area contributed by atoms with Gasteiger partial charge in [-0.3, -0.25) is 38.6 Å². The van der Waals surface area contributed by atoms with Crippen LogP contribution in [0.5, 0.6) is 11.5 Å². The van der Waals surface area contributed by atoms with Gasteiger partial charge in [-0.15, -0.1) is 0 Å². The summed E-state index contributed by atoms with van der Waals surface area (Å²) in [6.45, 7) is 1.69. The summed E-state index contributed by atoms with van der Waals surface area (Å²) < 4.78 is 75.6. The fourth-order valence-corrected chi connectivity index (χ4v) is 11.2. The standard InChI is InChI=1S/C46H49F2N11O9S/c1-54-37-21-38(34(48)20-31(37)42(52-54)58-14-9-39(60)51-44(58)63)56-15-10-45(64,11-16-56)23-40(61)57-17-12-46(13-18-57)22-28(25-67-46)59-26-50-35-7-5-29(19-30(35)43(59)62)68-41-32(24-49)36(8-6-33(41)47)53-69(65,66)55(2)27-3-4-27/h5-8,19-21,26-28,53,64H,3-4,9-18,22-23,25H2,1-2H3,(H,51,60,63)/t28-/m1/s1. The van der Waals surface area contributed by atoms with Crippen LogP contribution in [0.2, 0.25) is 0 Å². The number of halogens is 2. The number of imide groups is 1. The predicted molar refractivity (Wildman–Crippen MR) is 246 cm³/mol. The van der Waals surface area contributed by atoms with Crippen LogP contribution in [0.25, 0.3) is 21.8 Å². The number of amides is 4. The number of benzene rings is 3. The van der Waals surface area contributed by atoms with Gasteiger partial charge in [0.05, 0.1) is 64.4 Å². The van der Waals surface area contributed by atoms with Crippen LogP contribution in [0.3, 0.4) is 0 Å². The number of urea groups is 1. The maximum absolute atomic E-state index is 15.7. The van der Waals surface area contributed by atoms with E-state index < -0.39 is 50.4 Å². The molecule has 362 valence electrons. The number of anilines is 3. The molecule has 1 spiro atoms. The van der Waals surface area contributed by atoms with E-state index in [1.54, 1.807) is 22.7 Å². The second-order valence-corrected chi connectivity index (χ2v) is 20.4. The van der Waals surface area contributed by atoms with E-state index in [2.05, 4.69) is 20.1 Å². The molecule has 0 unspecified atom stereocenters. The Morgan fingerprint density at radius 1 is 1.03 bits per heavy atom. The number of likely N-dealkylation sites (tertiary alicyclic amines) is 1. The van der Waals surface area contributed by atoms with Gasteiger partial charge in [0.2, 0.25) is 11.8 Å². The van der Waals surface area contributed by atoms with Crippen LogP contribution < -0.4 is 30.1 Å². The summed E-state index contributed by atoms with van der Waals surface area (Å²) >= 11 is 0. The molecule has 1 aliphatic carbocycles. The lowest BCUT2D eigenvalue weighted by atomic mass is 9.85. The van der Waals surface area contributed by atoms with Gasteiger partial charge in [-0.05, 0) is 87.4 Å². The first-order valence-corrected chi connectivity index (χ1v) is 24.2. The molecule has 4 saturated heterocycles. The number of carbonyl (C=O) groups is 3. The average Bonchev–Trinajstić information content (AvgIpc) is 4.02. The van der Waals surface area contributed by atoms with Gasteiger partial charge < -0.3 is 24.4 Å². The van der Waals surface area contributed by atoms with Crippen LogP contribution in [0.4, 0.5) is 30.8 Å². The Morgan fingerprint density at radius 3 is 2.49 bits per heavy atom. The van der Waals surface area contributed by atoms with Crippen molar-refractivity contribution in [1.29, 1.82) is 5.26 Å². The fourth-order valence-electron chi connectivity index (χ4n) is 9.96. The van der Waals surface area contributed by atoms with Crippen molar-refractivity contribution in [3.8, 4) is 17.6 Å². The van der Waals surface area contributed by atoms with Gasteiger partial charge in [-0.1, -0.05) is 0 Å². The molecule has 3 aromatic carbocycles. The lowest BCUT2D eigenvalue weighted by molar-refractivity contribution is -0.142. The van der Waals surface area contributed by atoms with Gasteiger partial charge in [0.25, 0.3) is 5.56 Å². The molecule has 5 aromatic rings. The van der Waals surface area contributed by atoms with E-state index in [9.17, 15) is 38.0 Å². The zero-order valence-electron chi connectivity index (χ0n) is 37.8. The molecule has 1 atom stereocenters. The molecule has 5 fully saturated rings. The topological polar surface area (TPSA) is 238 Å². The third kappa shape index (κ3) is 8.70. The van der Waals surface area contributed by atoms with E-state index in [1.165, 1.54) is 51.4 Å². The lowest BCUT2D eigenvalue weighted by Crippen LogP contribution is -2.51. The van der Waals surface area contributed by atoms with Gasteiger partial charge in [-0.25, -0.2) is 18.6 Å². The van der Waals surface area contributed by atoms with Crippen molar-refractivity contribution >= 4 is 67.1 Å². The molecule has 23 heteroatoms. The van der Waals surface area contributed by atoms with Crippen molar-refractivity contribution in [2.24, 2.45) is 7.05 Å². The number of aliphatic hydroxyl groups is 1. The van der Waals surface area contributed by atoms with E-state index in [4.69, 9.17) is 9.47 Å². The highest BCUT2D eigenvalue weighted by molar-refractivity contribution is 7.90. The van der Waals surface area contributed by atoms with Crippen molar-refractivity contribution in [2.45, 2.75) is 81.1 Å². The monoisotopic (exact) mass is 969 g/mol. The Labute approximate surface area is 394 Å². The number of nitriles is 1. The van der Waals surface area contributed by atoms with Crippen molar-refractivity contribution in [3.05, 3.63) is 76.3 Å². The first-order chi connectivity index (χ1) is 32.9. The second kappa shape index (κ2) is 17.3. The number of fused-ring (bicyclic) bond motifs is 2. The maximum Gasteiger partial charge on any atom is 0.329 e. The molecule has 3 N–H and O–H groups in total. The summed E-state index contributed by atoms with van der Waals surface area (Å²) in [6, 6.07) is 10.2. The number of rotatable bonds is 11. The highest BCUT2D eigenvalue weighted by Gasteiger charge is 2.46. The van der Waals surface area contributed by atoms with Crippen LogP contribution in [0.15, 0.2) is 53.6 Å². The van der Waals surface area contributed by atoms with Gasteiger partial charge in [0.1, 0.15) is 23.2 Å². The van der Waals surface area contributed by atoms with Gasteiger partial charge in [0, 0.05) is 64.7 Å². The lowest BCUT2D eigenvalue weighted by Gasteiger charge is -2.42. The van der Waals surface area contributed by atoms with Crippen molar-refractivity contribution < 1.29 is 46.2 Å². The van der Waals surface area contributed by atoms with Crippen LogP contribution >= 0.6 is 0 Å². The number of nitrogens with one attached hydrogen (secondary N) is 2. The Morgan fingerprint density at radius 2 is 1.78 bits per heavy atom. The molecule has 0 radical (unpaired) electrons. The molecular formula is C46H49F2N11O9S. The number of carbonyl (C=O) groups excluding carboxylic acids is 3. The van der Waals surface area contributed by atoms with E-state index in [0.29, 0.717) is 80.4 Å².